The minimum Gasteiger partial charge on any atom is -0.483 e. The number of hydrogen-bond acceptors (Lipinski definition) is 5. The van der Waals surface area contributed by atoms with Gasteiger partial charge in [0.25, 0.3) is 12.4 Å². The zero-order valence-corrected chi connectivity index (χ0v) is 17.1. The van der Waals surface area contributed by atoms with Crippen LogP contribution in [0.3, 0.4) is 0 Å². The fourth-order valence-corrected chi connectivity index (χ4v) is 3.61. The van der Waals surface area contributed by atoms with Crippen molar-refractivity contribution < 1.29 is 19.2 Å². The van der Waals surface area contributed by atoms with Crippen molar-refractivity contribution in [2.24, 2.45) is 0 Å². The fourth-order valence-electron chi connectivity index (χ4n) is 3.61. The molecule has 4 rings (SSSR count). The van der Waals surface area contributed by atoms with Crippen LogP contribution in [0.4, 0.5) is 0 Å². The van der Waals surface area contributed by atoms with Crippen molar-refractivity contribution in [3.8, 4) is 0 Å². The number of rotatable bonds is 5. The van der Waals surface area contributed by atoms with Gasteiger partial charge in [0.1, 0.15) is 5.76 Å². The topological polar surface area (TPSA) is 112 Å². The van der Waals surface area contributed by atoms with Crippen LogP contribution in [0.25, 0.3) is 0 Å². The third kappa shape index (κ3) is 4.94. The maximum absolute atomic E-state index is 13.0. The standard InChI is InChI=1S/C21H24N4O2.CH2O2/c1-14(2)19-10-17(24-27-19)21(26)25-11-16(20-18(12-25)22-13-23-20)9-8-15-6-4-3-5-7-15;2-1-3/h3-7,10,13-14,16H,8-9,11-12H2,1-2H3,(H,22,23);1H,(H,2,3). The minimum atomic E-state index is -0.250. The third-order valence-electron chi connectivity index (χ3n) is 5.16. The molecule has 1 unspecified atom stereocenters. The van der Waals surface area contributed by atoms with E-state index in [9.17, 15) is 4.79 Å². The average Bonchev–Trinajstić information content (AvgIpc) is 3.42. The van der Waals surface area contributed by atoms with E-state index in [0.29, 0.717) is 18.8 Å². The molecule has 0 bridgehead atoms. The predicted molar refractivity (Wildman–Crippen MR) is 110 cm³/mol. The van der Waals surface area contributed by atoms with Gasteiger partial charge in [-0.2, -0.15) is 0 Å². The number of nitrogens with one attached hydrogen (secondary N) is 1. The van der Waals surface area contributed by atoms with Crippen LogP contribution >= 0.6 is 0 Å². The van der Waals surface area contributed by atoms with Crippen LogP contribution in [0.2, 0.25) is 0 Å². The lowest BCUT2D eigenvalue weighted by atomic mass is 9.91. The first kappa shape index (κ1) is 21.3. The maximum atomic E-state index is 13.0. The Morgan fingerprint density at radius 1 is 1.37 bits per heavy atom. The van der Waals surface area contributed by atoms with E-state index < -0.39 is 0 Å². The van der Waals surface area contributed by atoms with Gasteiger partial charge in [0.15, 0.2) is 5.69 Å². The predicted octanol–water partition coefficient (Wildman–Crippen LogP) is 3.59. The molecule has 1 amide bonds. The zero-order chi connectivity index (χ0) is 21.5. The first-order valence-electron chi connectivity index (χ1n) is 9.93. The Labute approximate surface area is 174 Å². The normalized spacial score (nSPS) is 15.3. The Kier molecular flexibility index (Phi) is 7.00. The number of fused-ring (bicyclic) bond motifs is 1. The summed E-state index contributed by atoms with van der Waals surface area (Å²) in [5, 5.41) is 10.9. The molecular weight excluding hydrogens is 384 g/mol. The van der Waals surface area contributed by atoms with Gasteiger partial charge in [-0.15, -0.1) is 0 Å². The van der Waals surface area contributed by atoms with E-state index in [2.05, 4.69) is 39.4 Å². The lowest BCUT2D eigenvalue weighted by Crippen LogP contribution is -2.38. The van der Waals surface area contributed by atoms with Crippen molar-refractivity contribution in [2.75, 3.05) is 6.54 Å². The molecule has 0 fully saturated rings. The third-order valence-corrected chi connectivity index (χ3v) is 5.16. The molecule has 1 aromatic carbocycles. The number of imidazole rings is 1. The number of H-pyrrole nitrogens is 1. The van der Waals surface area contributed by atoms with Crippen molar-refractivity contribution in [3.63, 3.8) is 0 Å². The summed E-state index contributed by atoms with van der Waals surface area (Å²) in [4.78, 5) is 30.9. The molecule has 1 atom stereocenters. The highest BCUT2D eigenvalue weighted by Crippen LogP contribution is 2.30. The first-order valence-corrected chi connectivity index (χ1v) is 9.93. The van der Waals surface area contributed by atoms with Gasteiger partial charge in [-0.05, 0) is 18.4 Å². The number of carbonyl (C=O) groups is 2. The van der Waals surface area contributed by atoms with Crippen LogP contribution in [0.1, 0.15) is 65.3 Å². The van der Waals surface area contributed by atoms with E-state index >= 15 is 0 Å². The Hall–Kier alpha value is -3.42. The van der Waals surface area contributed by atoms with Crippen molar-refractivity contribution >= 4 is 12.4 Å². The molecule has 1 aliphatic heterocycles. The quantitative estimate of drug-likeness (QED) is 0.622. The number of hydrogen-bond donors (Lipinski definition) is 2. The molecule has 1 aliphatic rings. The van der Waals surface area contributed by atoms with Crippen molar-refractivity contribution in [2.45, 2.75) is 45.1 Å². The van der Waals surface area contributed by atoms with Gasteiger partial charge < -0.3 is 19.5 Å². The monoisotopic (exact) mass is 410 g/mol. The number of aromatic nitrogens is 3. The van der Waals surface area contributed by atoms with Gasteiger partial charge in [-0.25, -0.2) is 4.98 Å². The number of aryl methyl sites for hydroxylation is 1. The molecule has 2 aromatic heterocycles. The highest BCUT2D eigenvalue weighted by molar-refractivity contribution is 5.92. The lowest BCUT2D eigenvalue weighted by molar-refractivity contribution is -0.122. The van der Waals surface area contributed by atoms with Gasteiger partial charge in [-0.3, -0.25) is 9.59 Å². The molecule has 158 valence electrons. The number of nitrogens with zero attached hydrogens (tertiary/aromatic N) is 3. The molecule has 3 heterocycles. The smallest absolute Gasteiger partial charge is 0.290 e. The molecule has 0 radical (unpaired) electrons. The molecule has 30 heavy (non-hydrogen) atoms. The molecule has 8 heteroatoms. The summed E-state index contributed by atoms with van der Waals surface area (Å²) >= 11 is 0. The van der Waals surface area contributed by atoms with E-state index in [1.807, 2.05) is 24.8 Å². The van der Waals surface area contributed by atoms with E-state index in [-0.39, 0.29) is 24.2 Å². The number of benzene rings is 1. The first-order chi connectivity index (χ1) is 14.5. The number of carbonyl (C=O) groups excluding carboxylic acids is 1. The summed E-state index contributed by atoms with van der Waals surface area (Å²) in [6, 6.07) is 12.2. The lowest BCUT2D eigenvalue weighted by Gasteiger charge is -2.31. The largest absolute Gasteiger partial charge is 0.483 e. The maximum Gasteiger partial charge on any atom is 0.290 e. The highest BCUT2D eigenvalue weighted by atomic mass is 16.5. The summed E-state index contributed by atoms with van der Waals surface area (Å²) in [6.07, 6.45) is 3.63. The van der Waals surface area contributed by atoms with E-state index in [1.54, 1.807) is 12.4 Å². The van der Waals surface area contributed by atoms with Crippen LogP contribution in [-0.2, 0) is 17.8 Å². The molecule has 0 spiro atoms. The second-order valence-electron chi connectivity index (χ2n) is 7.55. The SMILES string of the molecule is CC(C)c1cc(C(=O)N2Cc3[nH]cnc3C(CCc3ccccc3)C2)no1.O=CO. The Morgan fingerprint density at radius 2 is 2.10 bits per heavy atom. The zero-order valence-electron chi connectivity index (χ0n) is 17.1. The molecule has 3 aromatic rings. The molecule has 8 nitrogen and oxygen atoms in total. The van der Waals surface area contributed by atoms with Gasteiger partial charge in [-0.1, -0.05) is 49.3 Å². The summed E-state index contributed by atoms with van der Waals surface area (Å²) < 4.78 is 5.31. The summed E-state index contributed by atoms with van der Waals surface area (Å²) in [7, 11) is 0. The summed E-state index contributed by atoms with van der Waals surface area (Å²) in [6.45, 7) is 4.96. The highest BCUT2D eigenvalue weighted by Gasteiger charge is 2.31. The Bertz CT molecular complexity index is 964. The van der Waals surface area contributed by atoms with Crippen LogP contribution in [0.15, 0.2) is 47.2 Å². The second-order valence-corrected chi connectivity index (χ2v) is 7.55. The van der Waals surface area contributed by atoms with Crippen LogP contribution < -0.4 is 0 Å². The number of amides is 1. The van der Waals surface area contributed by atoms with E-state index in [0.717, 1.165) is 30.0 Å². The summed E-state index contributed by atoms with van der Waals surface area (Å²) in [5.41, 5.74) is 3.78. The second kappa shape index (κ2) is 9.87. The van der Waals surface area contributed by atoms with E-state index in [4.69, 9.17) is 14.4 Å². The van der Waals surface area contributed by atoms with Crippen molar-refractivity contribution in [1.82, 2.24) is 20.0 Å². The van der Waals surface area contributed by atoms with Crippen molar-refractivity contribution in [3.05, 3.63) is 71.1 Å². The van der Waals surface area contributed by atoms with Gasteiger partial charge in [0.05, 0.1) is 24.3 Å². The van der Waals surface area contributed by atoms with Crippen LogP contribution in [0.5, 0.6) is 0 Å². The van der Waals surface area contributed by atoms with Crippen LogP contribution in [-0.4, -0.2) is 44.1 Å². The van der Waals surface area contributed by atoms with Gasteiger partial charge in [0, 0.05) is 24.4 Å². The van der Waals surface area contributed by atoms with Crippen molar-refractivity contribution in [1.29, 1.82) is 0 Å². The molecule has 0 aliphatic carbocycles. The van der Waals surface area contributed by atoms with E-state index in [1.165, 1.54) is 5.56 Å². The Balaban J connectivity index is 0.000000806. The number of carboxylic acid groups (broad SMARTS) is 1. The average molecular weight is 410 g/mol. The molecule has 0 saturated carbocycles. The van der Waals surface area contributed by atoms with Crippen LogP contribution in [0, 0.1) is 0 Å². The van der Waals surface area contributed by atoms with Gasteiger partial charge >= 0.3 is 0 Å². The molecule has 2 N–H and O–H groups in total. The Morgan fingerprint density at radius 3 is 2.77 bits per heavy atom. The minimum absolute atomic E-state index is 0.0874. The number of aromatic amines is 1. The fraction of sp³-hybridized carbons (Fsp3) is 0.364. The molecular formula is C22H26N4O4. The van der Waals surface area contributed by atoms with Gasteiger partial charge in [0.2, 0.25) is 0 Å². The molecule has 0 saturated heterocycles. The summed E-state index contributed by atoms with van der Waals surface area (Å²) in [5.74, 6) is 1.06.